The number of para-hydroxylation sites is 1. The van der Waals surface area contributed by atoms with Crippen molar-refractivity contribution in [2.24, 2.45) is 11.8 Å². The summed E-state index contributed by atoms with van der Waals surface area (Å²) in [7, 11) is 0. The molecule has 0 bridgehead atoms. The van der Waals surface area contributed by atoms with Gasteiger partial charge in [0.15, 0.2) is 0 Å². The van der Waals surface area contributed by atoms with Gasteiger partial charge in [0.2, 0.25) is 11.8 Å². The molecule has 10 heteroatoms. The third-order valence-electron chi connectivity index (χ3n) is 7.65. The molecular formula is C24H19ClF3N3O3. The van der Waals surface area contributed by atoms with Gasteiger partial charge in [-0.15, -0.1) is 0 Å². The molecule has 3 saturated heterocycles. The molecule has 0 aromatic heterocycles. The van der Waals surface area contributed by atoms with Gasteiger partial charge in [-0.25, -0.2) is 4.90 Å². The average Bonchev–Trinajstić information content (AvgIpc) is 3.46. The number of benzene rings is 2. The number of anilines is 2. The molecule has 1 N–H and O–H groups in total. The van der Waals surface area contributed by atoms with Crippen LogP contribution in [-0.4, -0.2) is 35.2 Å². The molecule has 1 spiro atoms. The summed E-state index contributed by atoms with van der Waals surface area (Å²) in [5.74, 6) is -4.03. The molecule has 4 heterocycles. The molecule has 2 aromatic carbocycles. The fourth-order valence-corrected chi connectivity index (χ4v) is 6.86. The maximum Gasteiger partial charge on any atom is 0.418 e. The van der Waals surface area contributed by atoms with Crippen molar-refractivity contribution in [2.75, 3.05) is 16.8 Å². The quantitative estimate of drug-likeness (QED) is 0.612. The molecule has 2 aromatic rings. The third-order valence-corrected chi connectivity index (χ3v) is 7.95. The number of alkyl halides is 3. The first kappa shape index (κ1) is 21.6. The number of hydrogen-bond acceptors (Lipinski definition) is 4. The summed E-state index contributed by atoms with van der Waals surface area (Å²) in [5, 5.41) is 3.12. The van der Waals surface area contributed by atoms with Gasteiger partial charge in [-0.3, -0.25) is 19.3 Å². The summed E-state index contributed by atoms with van der Waals surface area (Å²) in [4.78, 5) is 43.8. The lowest BCUT2D eigenvalue weighted by Gasteiger charge is -2.37. The van der Waals surface area contributed by atoms with Crippen molar-refractivity contribution in [2.45, 2.75) is 37.5 Å². The summed E-state index contributed by atoms with van der Waals surface area (Å²) in [6, 6.07) is 7.59. The molecular weight excluding hydrogens is 471 g/mol. The largest absolute Gasteiger partial charge is 0.418 e. The molecule has 34 heavy (non-hydrogen) atoms. The highest BCUT2D eigenvalue weighted by atomic mass is 35.5. The first-order valence-corrected chi connectivity index (χ1v) is 11.4. The van der Waals surface area contributed by atoms with E-state index in [1.54, 1.807) is 12.1 Å². The minimum absolute atomic E-state index is 0.315. The van der Waals surface area contributed by atoms with Crippen molar-refractivity contribution >= 4 is 40.7 Å². The van der Waals surface area contributed by atoms with Gasteiger partial charge >= 0.3 is 6.18 Å². The fourth-order valence-electron chi connectivity index (χ4n) is 6.54. The van der Waals surface area contributed by atoms with Crippen LogP contribution in [0.5, 0.6) is 0 Å². The predicted molar refractivity (Wildman–Crippen MR) is 117 cm³/mol. The van der Waals surface area contributed by atoms with Crippen molar-refractivity contribution in [3.8, 4) is 0 Å². The van der Waals surface area contributed by atoms with Crippen LogP contribution in [0, 0.1) is 18.8 Å². The number of fused-ring (bicyclic) bond motifs is 7. The maximum atomic E-state index is 13.9. The lowest BCUT2D eigenvalue weighted by molar-refractivity contribution is -0.138. The van der Waals surface area contributed by atoms with E-state index in [1.807, 2.05) is 11.8 Å². The fraction of sp³-hybridized carbons (Fsp3) is 0.375. The highest BCUT2D eigenvalue weighted by Gasteiger charge is 2.75. The topological polar surface area (TPSA) is 69.7 Å². The molecule has 3 fully saturated rings. The van der Waals surface area contributed by atoms with E-state index in [0.29, 0.717) is 40.6 Å². The van der Waals surface area contributed by atoms with Crippen molar-refractivity contribution in [1.82, 2.24) is 4.90 Å². The number of imide groups is 1. The van der Waals surface area contributed by atoms with E-state index in [2.05, 4.69) is 5.32 Å². The second kappa shape index (κ2) is 6.82. The van der Waals surface area contributed by atoms with E-state index >= 15 is 0 Å². The second-order valence-corrected chi connectivity index (χ2v) is 9.73. The Labute approximate surface area is 197 Å². The second-order valence-electron chi connectivity index (χ2n) is 9.32. The van der Waals surface area contributed by atoms with Gasteiger partial charge in [0.25, 0.3) is 5.91 Å². The van der Waals surface area contributed by atoms with Crippen molar-refractivity contribution in [3.05, 3.63) is 58.1 Å². The summed E-state index contributed by atoms with van der Waals surface area (Å²) < 4.78 is 41.3. The van der Waals surface area contributed by atoms with Crippen LogP contribution in [0.3, 0.4) is 0 Å². The Morgan fingerprint density at radius 3 is 2.59 bits per heavy atom. The van der Waals surface area contributed by atoms with E-state index < -0.39 is 58.6 Å². The van der Waals surface area contributed by atoms with Crippen LogP contribution < -0.4 is 10.2 Å². The maximum absolute atomic E-state index is 13.9. The van der Waals surface area contributed by atoms with E-state index in [-0.39, 0.29) is 0 Å². The molecule has 0 radical (unpaired) electrons. The van der Waals surface area contributed by atoms with Crippen molar-refractivity contribution in [1.29, 1.82) is 0 Å². The number of nitrogens with one attached hydrogen (secondary N) is 1. The smallest absolute Gasteiger partial charge is 0.323 e. The highest BCUT2D eigenvalue weighted by Crippen LogP contribution is 2.61. The normalized spacial score (nSPS) is 30.2. The van der Waals surface area contributed by atoms with Crippen LogP contribution >= 0.6 is 11.6 Å². The number of nitrogens with zero attached hydrogens (tertiary/aromatic N) is 2. The van der Waals surface area contributed by atoms with Crippen LogP contribution in [-0.2, 0) is 26.1 Å². The van der Waals surface area contributed by atoms with Gasteiger partial charge < -0.3 is 5.32 Å². The van der Waals surface area contributed by atoms with Crippen LogP contribution in [0.15, 0.2) is 36.4 Å². The number of aryl methyl sites for hydroxylation is 1. The van der Waals surface area contributed by atoms with Gasteiger partial charge in [0.05, 0.1) is 33.8 Å². The standard InChI is InChI=1S/C24H19ClF3N3O3/c1-11-9-13-19(14(25)10-11)29-22(34)23(13)18-17(16-7-4-8-30(16)23)20(32)31(21(18)33)15-6-3-2-5-12(15)24(26,27)28/h2-3,5-6,9-10,16-18H,4,7-8H2,1H3,(H,29,34)/t16-,17+,18+,23-/m1/s1. The number of carbonyl (C=O) groups is 3. The molecule has 4 aliphatic heterocycles. The molecule has 6 rings (SSSR count). The number of rotatable bonds is 1. The summed E-state index contributed by atoms with van der Waals surface area (Å²) in [6.45, 7) is 2.31. The molecule has 6 nitrogen and oxygen atoms in total. The lowest BCUT2D eigenvalue weighted by atomic mass is 9.75. The molecule has 0 aliphatic carbocycles. The first-order chi connectivity index (χ1) is 16.1. The predicted octanol–water partition coefficient (Wildman–Crippen LogP) is 4.10. The van der Waals surface area contributed by atoms with Crippen LogP contribution in [0.2, 0.25) is 5.02 Å². The van der Waals surface area contributed by atoms with Gasteiger partial charge in [0, 0.05) is 11.6 Å². The molecule has 0 saturated carbocycles. The van der Waals surface area contributed by atoms with Gasteiger partial charge in [-0.2, -0.15) is 13.2 Å². The minimum Gasteiger partial charge on any atom is -0.323 e. The summed E-state index contributed by atoms with van der Waals surface area (Å²) in [6.07, 6.45) is -3.48. The zero-order valence-electron chi connectivity index (χ0n) is 17.9. The summed E-state index contributed by atoms with van der Waals surface area (Å²) in [5.41, 5.74) is -1.39. The first-order valence-electron chi connectivity index (χ1n) is 11.0. The van der Waals surface area contributed by atoms with Crippen LogP contribution in [0.4, 0.5) is 24.5 Å². The lowest BCUT2D eigenvalue weighted by Crippen LogP contribution is -2.54. The van der Waals surface area contributed by atoms with Gasteiger partial charge in [-0.05, 0) is 50.1 Å². The number of halogens is 4. The van der Waals surface area contributed by atoms with E-state index in [1.165, 1.54) is 12.1 Å². The Morgan fingerprint density at radius 1 is 1.12 bits per heavy atom. The molecule has 4 atom stereocenters. The molecule has 3 amide bonds. The minimum atomic E-state index is -4.76. The van der Waals surface area contributed by atoms with E-state index in [4.69, 9.17) is 11.6 Å². The SMILES string of the molecule is Cc1cc(Cl)c2c(c1)[C@]1(C(=O)N2)[C@@H]2C(=O)N(c3ccccc3C(F)(F)F)C(=O)[C@H]2[C@H]2CCCN21. The Bertz CT molecular complexity index is 1300. The molecule has 0 unspecified atom stereocenters. The van der Waals surface area contributed by atoms with Crippen molar-refractivity contribution < 1.29 is 27.6 Å². The zero-order valence-corrected chi connectivity index (χ0v) is 18.7. The summed E-state index contributed by atoms with van der Waals surface area (Å²) >= 11 is 6.43. The monoisotopic (exact) mass is 489 g/mol. The highest BCUT2D eigenvalue weighted by molar-refractivity contribution is 6.35. The van der Waals surface area contributed by atoms with Crippen LogP contribution in [0.25, 0.3) is 0 Å². The Hall–Kier alpha value is -2.91. The Kier molecular flexibility index (Phi) is 4.34. The Morgan fingerprint density at radius 2 is 1.85 bits per heavy atom. The third kappa shape index (κ3) is 2.49. The van der Waals surface area contributed by atoms with Gasteiger partial charge in [-0.1, -0.05) is 29.8 Å². The Balaban J connectivity index is 1.58. The van der Waals surface area contributed by atoms with E-state index in [0.717, 1.165) is 17.7 Å². The molecule has 176 valence electrons. The van der Waals surface area contributed by atoms with Crippen molar-refractivity contribution in [3.63, 3.8) is 0 Å². The number of hydrogen-bond donors (Lipinski definition) is 1. The molecule has 4 aliphatic rings. The van der Waals surface area contributed by atoms with E-state index in [9.17, 15) is 27.6 Å². The van der Waals surface area contributed by atoms with Gasteiger partial charge in [0.1, 0.15) is 5.54 Å². The average molecular weight is 490 g/mol. The number of amides is 3. The zero-order chi connectivity index (χ0) is 24.2. The van der Waals surface area contributed by atoms with Crippen LogP contribution in [0.1, 0.15) is 29.5 Å². The number of carbonyl (C=O) groups excluding carboxylic acids is 3.